The summed E-state index contributed by atoms with van der Waals surface area (Å²) in [5.41, 5.74) is 0.669. The van der Waals surface area contributed by atoms with Gasteiger partial charge in [-0.1, -0.05) is 43.6 Å². The molecule has 2 aromatic rings. The Morgan fingerprint density at radius 2 is 1.83 bits per heavy atom. The van der Waals surface area contributed by atoms with E-state index in [0.717, 1.165) is 5.56 Å². The molecule has 0 aliphatic carbocycles. The molecule has 0 aromatic heterocycles. The van der Waals surface area contributed by atoms with Crippen molar-refractivity contribution in [1.29, 1.82) is 0 Å². The predicted octanol–water partition coefficient (Wildman–Crippen LogP) is 4.59. The summed E-state index contributed by atoms with van der Waals surface area (Å²) < 4.78 is 5.34. The van der Waals surface area contributed by atoms with Gasteiger partial charge in [0.1, 0.15) is 5.75 Å². The van der Waals surface area contributed by atoms with E-state index in [9.17, 15) is 14.9 Å². The van der Waals surface area contributed by atoms with E-state index in [1.54, 1.807) is 24.3 Å². The molecule has 2 rings (SSSR count). The Kier molecular flexibility index (Phi) is 5.34. The smallest absolute Gasteiger partial charge is 0.319 e. The highest BCUT2D eigenvalue weighted by atomic mass is 35.5. The minimum absolute atomic E-state index is 0.00220. The Morgan fingerprint density at radius 1 is 1.17 bits per heavy atom. The first-order chi connectivity index (χ1) is 10.9. The number of carbonyl (C=O) groups is 1. The molecular weight excluding hydrogens is 318 g/mol. The number of hydrogen-bond acceptors (Lipinski definition) is 4. The summed E-state index contributed by atoms with van der Waals surface area (Å²) in [5, 5.41) is 11.4. The molecule has 5 nitrogen and oxygen atoms in total. The fourth-order valence-electron chi connectivity index (χ4n) is 2.30. The van der Waals surface area contributed by atoms with Crippen LogP contribution in [-0.2, 0) is 4.79 Å². The van der Waals surface area contributed by atoms with E-state index in [0.29, 0.717) is 5.02 Å². The number of nitro groups is 1. The Labute approximate surface area is 139 Å². The van der Waals surface area contributed by atoms with E-state index in [1.165, 1.54) is 24.3 Å². The second kappa shape index (κ2) is 7.24. The van der Waals surface area contributed by atoms with Gasteiger partial charge in [0.15, 0.2) is 0 Å². The van der Waals surface area contributed by atoms with Crippen molar-refractivity contribution in [3.8, 4) is 5.75 Å². The average molecular weight is 334 g/mol. The third-order valence-corrected chi connectivity index (χ3v) is 3.65. The number of esters is 1. The zero-order valence-electron chi connectivity index (χ0n) is 12.7. The van der Waals surface area contributed by atoms with Crippen LogP contribution in [0, 0.1) is 16.0 Å². The highest BCUT2D eigenvalue weighted by molar-refractivity contribution is 6.30. The van der Waals surface area contributed by atoms with Crippen LogP contribution in [-0.4, -0.2) is 10.9 Å². The molecule has 0 aliphatic heterocycles. The van der Waals surface area contributed by atoms with Gasteiger partial charge in [-0.3, -0.25) is 14.9 Å². The van der Waals surface area contributed by atoms with Crippen LogP contribution in [0.25, 0.3) is 0 Å². The zero-order valence-corrected chi connectivity index (χ0v) is 13.5. The summed E-state index contributed by atoms with van der Waals surface area (Å²) >= 11 is 5.87. The number of ether oxygens (including phenoxy) is 1. The van der Waals surface area contributed by atoms with E-state index >= 15 is 0 Å². The largest absolute Gasteiger partial charge is 0.426 e. The van der Waals surface area contributed by atoms with Crippen molar-refractivity contribution in [2.45, 2.75) is 19.8 Å². The molecule has 120 valence electrons. The van der Waals surface area contributed by atoms with Gasteiger partial charge in [0.05, 0.1) is 16.9 Å². The summed E-state index contributed by atoms with van der Waals surface area (Å²) in [6.07, 6.45) is 0. The van der Waals surface area contributed by atoms with Gasteiger partial charge in [-0.15, -0.1) is 0 Å². The Hall–Kier alpha value is -2.40. The molecule has 0 radical (unpaired) electrons. The number of benzene rings is 2. The Bertz CT molecular complexity index is 713. The molecular formula is C17H16ClNO4. The van der Waals surface area contributed by atoms with E-state index in [1.807, 2.05) is 13.8 Å². The summed E-state index contributed by atoms with van der Waals surface area (Å²) in [5.74, 6) is -0.777. The topological polar surface area (TPSA) is 69.4 Å². The maximum atomic E-state index is 12.5. The predicted molar refractivity (Wildman–Crippen MR) is 87.8 cm³/mol. The molecule has 0 fully saturated rings. The van der Waals surface area contributed by atoms with Crippen molar-refractivity contribution >= 4 is 23.3 Å². The van der Waals surface area contributed by atoms with Crippen LogP contribution in [0.2, 0.25) is 5.02 Å². The van der Waals surface area contributed by atoms with Crippen LogP contribution in [0.15, 0.2) is 48.5 Å². The van der Waals surface area contributed by atoms with Crippen molar-refractivity contribution < 1.29 is 14.5 Å². The monoisotopic (exact) mass is 333 g/mol. The second-order valence-corrected chi connectivity index (χ2v) is 5.89. The summed E-state index contributed by atoms with van der Waals surface area (Å²) in [6, 6.07) is 12.6. The van der Waals surface area contributed by atoms with Crippen LogP contribution in [0.3, 0.4) is 0 Å². The van der Waals surface area contributed by atoms with Gasteiger partial charge in [-0.2, -0.15) is 0 Å². The summed E-state index contributed by atoms with van der Waals surface area (Å²) in [4.78, 5) is 22.8. The maximum absolute atomic E-state index is 12.5. The molecule has 6 heteroatoms. The molecule has 0 N–H and O–H groups in total. The first kappa shape index (κ1) is 17.0. The molecule has 0 spiro atoms. The first-order valence-corrected chi connectivity index (χ1v) is 7.48. The number of halogens is 1. The van der Waals surface area contributed by atoms with Gasteiger partial charge in [-0.05, 0) is 29.7 Å². The zero-order chi connectivity index (χ0) is 17.0. The van der Waals surface area contributed by atoms with Crippen LogP contribution in [0.5, 0.6) is 5.75 Å². The molecule has 0 aliphatic rings. The first-order valence-electron chi connectivity index (χ1n) is 7.10. The molecule has 0 unspecified atom stereocenters. The minimum Gasteiger partial charge on any atom is -0.426 e. The Balaban J connectivity index is 2.23. The number of non-ortho nitro benzene ring substituents is 1. The summed E-state index contributed by atoms with van der Waals surface area (Å²) in [7, 11) is 0. The highest BCUT2D eigenvalue weighted by Crippen LogP contribution is 2.29. The van der Waals surface area contributed by atoms with Crippen LogP contribution < -0.4 is 4.74 Å². The fourth-order valence-corrected chi connectivity index (χ4v) is 2.43. The molecule has 1 atom stereocenters. The second-order valence-electron chi connectivity index (χ2n) is 5.45. The molecule has 0 heterocycles. The molecule has 23 heavy (non-hydrogen) atoms. The number of hydrogen-bond donors (Lipinski definition) is 0. The minimum atomic E-state index is -0.531. The number of carbonyl (C=O) groups excluding carboxylic acids is 1. The number of rotatable bonds is 5. The van der Waals surface area contributed by atoms with Gasteiger partial charge < -0.3 is 4.74 Å². The van der Waals surface area contributed by atoms with Gasteiger partial charge in [0.25, 0.3) is 5.69 Å². The SMILES string of the molecule is CC(C)[C@@H](C(=O)Oc1cccc([N+](=O)[O-])c1)c1ccc(Cl)cc1. The van der Waals surface area contributed by atoms with Gasteiger partial charge in [0.2, 0.25) is 0 Å². The lowest BCUT2D eigenvalue weighted by Crippen LogP contribution is -2.23. The van der Waals surface area contributed by atoms with Gasteiger partial charge in [-0.25, -0.2) is 0 Å². The average Bonchev–Trinajstić information content (AvgIpc) is 2.49. The van der Waals surface area contributed by atoms with Crippen molar-refractivity contribution in [3.63, 3.8) is 0 Å². The van der Waals surface area contributed by atoms with Gasteiger partial charge in [0, 0.05) is 11.1 Å². The third kappa shape index (κ3) is 4.29. The van der Waals surface area contributed by atoms with E-state index in [2.05, 4.69) is 0 Å². The number of nitrogens with zero attached hydrogens (tertiary/aromatic N) is 1. The quantitative estimate of drug-likeness (QED) is 0.347. The molecule has 0 saturated heterocycles. The molecule has 2 aromatic carbocycles. The molecule has 0 bridgehead atoms. The van der Waals surface area contributed by atoms with Crippen LogP contribution in [0.1, 0.15) is 25.3 Å². The standard InChI is InChI=1S/C17H16ClNO4/c1-11(2)16(12-6-8-13(18)9-7-12)17(20)23-15-5-3-4-14(10-15)19(21)22/h3-11,16H,1-2H3/t16-/m1/s1. The molecule has 0 amide bonds. The van der Waals surface area contributed by atoms with E-state index in [4.69, 9.17) is 16.3 Å². The normalized spacial score (nSPS) is 12.0. The lowest BCUT2D eigenvalue weighted by atomic mass is 9.88. The number of nitro benzene ring substituents is 1. The highest BCUT2D eigenvalue weighted by Gasteiger charge is 2.26. The Morgan fingerprint density at radius 3 is 2.39 bits per heavy atom. The third-order valence-electron chi connectivity index (χ3n) is 3.40. The molecule has 0 saturated carbocycles. The van der Waals surface area contributed by atoms with E-state index in [-0.39, 0.29) is 17.4 Å². The fraction of sp³-hybridized carbons (Fsp3) is 0.235. The van der Waals surface area contributed by atoms with Crippen LogP contribution in [0.4, 0.5) is 5.69 Å². The lowest BCUT2D eigenvalue weighted by Gasteiger charge is -2.19. The van der Waals surface area contributed by atoms with Crippen molar-refractivity contribution in [1.82, 2.24) is 0 Å². The maximum Gasteiger partial charge on any atom is 0.319 e. The van der Waals surface area contributed by atoms with E-state index < -0.39 is 16.8 Å². The van der Waals surface area contributed by atoms with Crippen molar-refractivity contribution in [3.05, 3.63) is 69.2 Å². The summed E-state index contributed by atoms with van der Waals surface area (Å²) in [6.45, 7) is 3.82. The van der Waals surface area contributed by atoms with Gasteiger partial charge >= 0.3 is 5.97 Å². The van der Waals surface area contributed by atoms with Crippen molar-refractivity contribution in [2.75, 3.05) is 0 Å². The van der Waals surface area contributed by atoms with Crippen molar-refractivity contribution in [2.24, 2.45) is 5.92 Å². The van der Waals surface area contributed by atoms with Crippen LogP contribution >= 0.6 is 11.6 Å². The lowest BCUT2D eigenvalue weighted by molar-refractivity contribution is -0.384.